The van der Waals surface area contributed by atoms with Gasteiger partial charge in [-0.05, 0) is 39.0 Å². The van der Waals surface area contributed by atoms with Crippen LogP contribution in [0.1, 0.15) is 65.1 Å². The summed E-state index contributed by atoms with van der Waals surface area (Å²) in [6.45, 7) is 6.31. The highest BCUT2D eigenvalue weighted by atomic mass is 16.2. The minimum atomic E-state index is -0.237. The topological polar surface area (TPSA) is 74.8 Å². The fraction of sp³-hybridized carbons (Fsp3) is 0.750. The van der Waals surface area contributed by atoms with Gasteiger partial charge in [-0.1, -0.05) is 30.7 Å². The van der Waals surface area contributed by atoms with Gasteiger partial charge in [-0.3, -0.25) is 4.79 Å². The summed E-state index contributed by atoms with van der Waals surface area (Å²) in [5.41, 5.74) is 1.20. The van der Waals surface area contributed by atoms with E-state index in [0.717, 1.165) is 25.7 Å². The lowest BCUT2D eigenvalue weighted by molar-refractivity contribution is -0.137. The Morgan fingerprint density at radius 3 is 2.95 bits per heavy atom. The summed E-state index contributed by atoms with van der Waals surface area (Å²) in [4.78, 5) is 14.9. The highest BCUT2D eigenvalue weighted by Crippen LogP contribution is 2.34. The predicted octanol–water partition coefficient (Wildman–Crippen LogP) is 2.36. The van der Waals surface area contributed by atoms with Gasteiger partial charge in [0.05, 0.1) is 6.04 Å². The second kappa shape index (κ2) is 5.82. The monoisotopic (exact) mass is 303 g/mol. The fourth-order valence-corrected chi connectivity index (χ4v) is 3.74. The number of amides is 1. The number of H-pyrrole nitrogens is 1. The quantitative estimate of drug-likeness (QED) is 0.866. The largest absolute Gasteiger partial charge is 0.333 e. The van der Waals surface area contributed by atoms with Crippen molar-refractivity contribution in [2.75, 3.05) is 0 Å². The summed E-state index contributed by atoms with van der Waals surface area (Å²) in [6, 6.07) is 0.720. The summed E-state index contributed by atoms with van der Waals surface area (Å²) in [6.07, 6.45) is 8.09. The van der Waals surface area contributed by atoms with Crippen LogP contribution in [-0.2, 0) is 10.2 Å². The lowest BCUT2D eigenvalue weighted by Gasteiger charge is -2.45. The molecule has 1 fully saturated rings. The van der Waals surface area contributed by atoms with Crippen LogP contribution in [0.2, 0.25) is 0 Å². The number of piperidine rings is 1. The third-order valence-corrected chi connectivity index (χ3v) is 5.02. The lowest BCUT2D eigenvalue weighted by atomic mass is 9.83. The smallest absolute Gasteiger partial charge is 0.223 e. The Morgan fingerprint density at radius 1 is 1.45 bits per heavy atom. The van der Waals surface area contributed by atoms with Gasteiger partial charge in [-0.2, -0.15) is 5.21 Å². The molecule has 0 saturated carbocycles. The van der Waals surface area contributed by atoms with Gasteiger partial charge < -0.3 is 4.90 Å². The standard InChI is InChI=1S/C16H25N5O/c1-11-9-12-5-4-6-13(10-11)21(12)14(22)7-8-16(2,3)15-17-19-20-18-15/h9,12-13H,4-8,10H2,1-3H3,(H,17,18,19,20). The first-order chi connectivity index (χ1) is 10.5. The number of carbonyl (C=O) groups is 1. The molecule has 1 amide bonds. The number of aromatic amines is 1. The summed E-state index contributed by atoms with van der Waals surface area (Å²) >= 11 is 0. The zero-order chi connectivity index (χ0) is 15.7. The molecule has 22 heavy (non-hydrogen) atoms. The van der Waals surface area contributed by atoms with Crippen molar-refractivity contribution in [2.45, 2.75) is 76.8 Å². The van der Waals surface area contributed by atoms with Crippen molar-refractivity contribution < 1.29 is 4.79 Å². The van der Waals surface area contributed by atoms with Gasteiger partial charge in [0, 0.05) is 17.9 Å². The molecule has 2 atom stereocenters. The molecule has 0 aliphatic carbocycles. The van der Waals surface area contributed by atoms with Gasteiger partial charge in [-0.25, -0.2) is 0 Å². The predicted molar refractivity (Wildman–Crippen MR) is 83.1 cm³/mol. The number of nitrogens with zero attached hydrogens (tertiary/aromatic N) is 4. The van der Waals surface area contributed by atoms with E-state index in [1.54, 1.807) is 0 Å². The number of hydrogen-bond acceptors (Lipinski definition) is 4. The van der Waals surface area contributed by atoms with Crippen molar-refractivity contribution >= 4 is 5.91 Å². The van der Waals surface area contributed by atoms with E-state index in [9.17, 15) is 4.79 Å². The molecule has 6 nitrogen and oxygen atoms in total. The van der Waals surface area contributed by atoms with E-state index in [-0.39, 0.29) is 11.3 Å². The SMILES string of the molecule is CC1=CC2CCCC(C1)N2C(=O)CCC(C)(C)c1nn[nH]n1. The van der Waals surface area contributed by atoms with E-state index in [1.165, 1.54) is 12.0 Å². The van der Waals surface area contributed by atoms with E-state index in [2.05, 4.69) is 52.4 Å². The first kappa shape index (κ1) is 15.2. The third-order valence-electron chi connectivity index (χ3n) is 5.02. The van der Waals surface area contributed by atoms with Crippen molar-refractivity contribution in [1.29, 1.82) is 0 Å². The molecule has 3 rings (SSSR count). The molecular weight excluding hydrogens is 278 g/mol. The third kappa shape index (κ3) is 2.91. The minimum Gasteiger partial charge on any atom is -0.333 e. The van der Waals surface area contributed by atoms with Crippen LogP contribution in [-0.4, -0.2) is 43.5 Å². The molecule has 2 bridgehead atoms. The Morgan fingerprint density at radius 2 is 2.27 bits per heavy atom. The lowest BCUT2D eigenvalue weighted by Crippen LogP contribution is -2.51. The normalized spacial score (nSPS) is 25.0. The van der Waals surface area contributed by atoms with E-state index in [0.29, 0.717) is 24.3 Å². The van der Waals surface area contributed by atoms with Crippen LogP contribution in [0.3, 0.4) is 0 Å². The molecule has 1 aromatic rings. The molecule has 2 aliphatic rings. The molecule has 6 heteroatoms. The van der Waals surface area contributed by atoms with Crippen LogP contribution >= 0.6 is 0 Å². The maximum absolute atomic E-state index is 12.8. The molecule has 0 radical (unpaired) electrons. The molecule has 3 heterocycles. The summed E-state index contributed by atoms with van der Waals surface area (Å²) in [5.74, 6) is 0.949. The van der Waals surface area contributed by atoms with E-state index in [1.807, 2.05) is 0 Å². The zero-order valence-corrected chi connectivity index (χ0v) is 13.7. The summed E-state index contributed by atoms with van der Waals surface area (Å²) < 4.78 is 0. The highest BCUT2D eigenvalue weighted by molar-refractivity contribution is 5.77. The van der Waals surface area contributed by atoms with Crippen LogP contribution in [0.15, 0.2) is 11.6 Å². The van der Waals surface area contributed by atoms with Crippen molar-refractivity contribution in [1.82, 2.24) is 25.5 Å². The fourth-order valence-electron chi connectivity index (χ4n) is 3.74. The van der Waals surface area contributed by atoms with E-state index in [4.69, 9.17) is 0 Å². The van der Waals surface area contributed by atoms with Crippen LogP contribution in [0.5, 0.6) is 0 Å². The molecule has 2 aliphatic heterocycles. The number of fused-ring (bicyclic) bond motifs is 2. The second-order valence-corrected chi connectivity index (χ2v) is 7.29. The van der Waals surface area contributed by atoms with Crippen LogP contribution in [0.25, 0.3) is 0 Å². The summed E-state index contributed by atoms with van der Waals surface area (Å²) in [7, 11) is 0. The average Bonchev–Trinajstić information content (AvgIpc) is 2.99. The molecule has 0 spiro atoms. The Bertz CT molecular complexity index is 563. The minimum absolute atomic E-state index is 0.237. The zero-order valence-electron chi connectivity index (χ0n) is 13.7. The van der Waals surface area contributed by atoms with E-state index >= 15 is 0 Å². The number of hydrogen-bond donors (Lipinski definition) is 1. The maximum Gasteiger partial charge on any atom is 0.223 e. The highest BCUT2D eigenvalue weighted by Gasteiger charge is 2.36. The van der Waals surface area contributed by atoms with Crippen LogP contribution in [0, 0.1) is 0 Å². The number of rotatable bonds is 4. The van der Waals surface area contributed by atoms with Gasteiger partial charge in [0.2, 0.25) is 5.91 Å². The van der Waals surface area contributed by atoms with E-state index < -0.39 is 0 Å². The number of carbonyl (C=O) groups excluding carboxylic acids is 1. The maximum atomic E-state index is 12.8. The first-order valence-corrected chi connectivity index (χ1v) is 8.20. The van der Waals surface area contributed by atoms with Crippen molar-refractivity contribution in [2.24, 2.45) is 0 Å². The number of nitrogens with one attached hydrogen (secondary N) is 1. The molecular formula is C16H25N5O. The Balaban J connectivity index is 1.65. The molecule has 120 valence electrons. The average molecular weight is 303 g/mol. The Kier molecular flexibility index (Phi) is 4.02. The first-order valence-electron chi connectivity index (χ1n) is 8.20. The molecule has 1 aromatic heterocycles. The Labute approximate surface area is 131 Å². The van der Waals surface area contributed by atoms with Gasteiger partial charge in [-0.15, -0.1) is 10.2 Å². The van der Waals surface area contributed by atoms with Gasteiger partial charge >= 0.3 is 0 Å². The number of aromatic nitrogens is 4. The molecule has 1 N–H and O–H groups in total. The Hall–Kier alpha value is -1.72. The van der Waals surface area contributed by atoms with Gasteiger partial charge in [0.15, 0.2) is 5.82 Å². The van der Waals surface area contributed by atoms with Crippen molar-refractivity contribution in [3.05, 3.63) is 17.5 Å². The molecule has 0 aromatic carbocycles. The van der Waals surface area contributed by atoms with Gasteiger partial charge in [0.1, 0.15) is 0 Å². The van der Waals surface area contributed by atoms with Crippen molar-refractivity contribution in [3.63, 3.8) is 0 Å². The molecule has 1 saturated heterocycles. The van der Waals surface area contributed by atoms with Crippen LogP contribution in [0.4, 0.5) is 0 Å². The summed E-state index contributed by atoms with van der Waals surface area (Å²) in [5, 5.41) is 14.2. The molecule has 2 unspecified atom stereocenters. The number of tetrazole rings is 1. The van der Waals surface area contributed by atoms with Gasteiger partial charge in [0.25, 0.3) is 0 Å². The second-order valence-electron chi connectivity index (χ2n) is 7.29. The van der Waals surface area contributed by atoms with Crippen molar-refractivity contribution in [3.8, 4) is 0 Å². The van der Waals surface area contributed by atoms with Crippen LogP contribution < -0.4 is 0 Å².